The first-order valence-electron chi connectivity index (χ1n) is 9.93. The van der Waals surface area contributed by atoms with Crippen LogP contribution in [-0.4, -0.2) is 12.5 Å². The van der Waals surface area contributed by atoms with Gasteiger partial charge in [0.2, 0.25) is 0 Å². The number of anilines is 1. The summed E-state index contributed by atoms with van der Waals surface area (Å²) in [5.41, 5.74) is 1.88. The van der Waals surface area contributed by atoms with E-state index in [1.54, 1.807) is 24.3 Å². The van der Waals surface area contributed by atoms with Crippen LogP contribution in [0.25, 0.3) is 6.08 Å². The molecule has 3 aromatic rings. The average Bonchev–Trinajstić information content (AvgIpc) is 2.80. The third-order valence-electron chi connectivity index (χ3n) is 4.43. The van der Waals surface area contributed by atoms with Crippen molar-refractivity contribution in [1.82, 2.24) is 0 Å². The molecule has 0 fully saturated rings. The molecule has 1 N–H and O–H groups in total. The Morgan fingerprint density at radius 3 is 2.58 bits per heavy atom. The van der Waals surface area contributed by atoms with Gasteiger partial charge in [-0.15, -0.1) is 0 Å². The molecule has 0 saturated carbocycles. The van der Waals surface area contributed by atoms with Gasteiger partial charge >= 0.3 is 0 Å². The van der Waals surface area contributed by atoms with Crippen molar-refractivity contribution in [2.45, 2.75) is 13.5 Å². The summed E-state index contributed by atoms with van der Waals surface area (Å²) in [4.78, 5) is 12.7. The van der Waals surface area contributed by atoms with E-state index in [-0.39, 0.29) is 10.6 Å². The maximum atomic E-state index is 12.7. The van der Waals surface area contributed by atoms with Gasteiger partial charge in [0.05, 0.1) is 25.9 Å². The van der Waals surface area contributed by atoms with Crippen molar-refractivity contribution in [1.29, 1.82) is 5.26 Å². The molecule has 0 heterocycles. The van der Waals surface area contributed by atoms with Gasteiger partial charge in [-0.05, 0) is 71.0 Å². The summed E-state index contributed by atoms with van der Waals surface area (Å²) in [6.45, 7) is 2.70. The van der Waals surface area contributed by atoms with E-state index in [0.717, 1.165) is 9.13 Å². The molecule has 0 atom stereocenters. The minimum Gasteiger partial charge on any atom is -0.490 e. The highest BCUT2D eigenvalue weighted by molar-refractivity contribution is 14.1. The number of nitriles is 1. The lowest BCUT2D eigenvalue weighted by Gasteiger charge is -2.15. The van der Waals surface area contributed by atoms with Crippen molar-refractivity contribution < 1.29 is 14.3 Å². The van der Waals surface area contributed by atoms with Gasteiger partial charge in [0, 0.05) is 0 Å². The topological polar surface area (TPSA) is 71.3 Å². The number of carbonyl (C=O) groups is 1. The van der Waals surface area contributed by atoms with Crippen LogP contribution in [0, 0.1) is 14.9 Å². The third kappa shape index (κ3) is 6.64. The van der Waals surface area contributed by atoms with Crippen molar-refractivity contribution in [2.75, 3.05) is 11.9 Å². The number of carbonyl (C=O) groups excluding carboxylic acids is 1. The van der Waals surface area contributed by atoms with Gasteiger partial charge in [-0.1, -0.05) is 59.6 Å². The van der Waals surface area contributed by atoms with E-state index in [9.17, 15) is 10.1 Å². The number of nitrogens with one attached hydrogen (secondary N) is 1. The van der Waals surface area contributed by atoms with Crippen LogP contribution < -0.4 is 14.8 Å². The predicted octanol–water partition coefficient (Wildman–Crippen LogP) is 7.12. The molecule has 0 aliphatic heterocycles. The van der Waals surface area contributed by atoms with Crippen molar-refractivity contribution in [3.05, 3.63) is 91.0 Å². The lowest BCUT2D eigenvalue weighted by atomic mass is 10.1. The van der Waals surface area contributed by atoms with Gasteiger partial charge in [-0.25, -0.2) is 0 Å². The van der Waals surface area contributed by atoms with Crippen LogP contribution in [0.2, 0.25) is 10.0 Å². The fourth-order valence-electron chi connectivity index (χ4n) is 2.91. The number of nitrogens with zero attached hydrogens (tertiary/aromatic N) is 1. The third-order valence-corrected chi connectivity index (χ3v) is 6.05. The Balaban J connectivity index is 1.86. The Hall–Kier alpha value is -2.73. The lowest BCUT2D eigenvalue weighted by molar-refractivity contribution is -0.112. The molecule has 0 unspecified atom stereocenters. The van der Waals surface area contributed by atoms with Gasteiger partial charge in [0.1, 0.15) is 18.2 Å². The molecule has 0 spiro atoms. The maximum Gasteiger partial charge on any atom is 0.266 e. The van der Waals surface area contributed by atoms with Gasteiger partial charge in [-0.3, -0.25) is 4.79 Å². The molecule has 8 heteroatoms. The molecular weight excluding hydrogens is 574 g/mol. The van der Waals surface area contributed by atoms with Crippen molar-refractivity contribution >= 4 is 63.5 Å². The number of hydrogen-bond donors (Lipinski definition) is 1. The summed E-state index contributed by atoms with van der Waals surface area (Å²) in [6, 6.07) is 20.2. The highest BCUT2D eigenvalue weighted by Gasteiger charge is 2.16. The number of ether oxygens (including phenoxy) is 2. The molecule has 0 bridgehead atoms. The SMILES string of the molecule is CCOc1cc(/C=C(\C#N)C(=O)Nc2cccc(Cl)c2Cl)cc(I)c1OCc1ccccc1. The van der Waals surface area contributed by atoms with E-state index < -0.39 is 5.91 Å². The van der Waals surface area contributed by atoms with Crippen molar-refractivity contribution in [3.8, 4) is 17.6 Å². The van der Waals surface area contributed by atoms with E-state index in [2.05, 4.69) is 27.9 Å². The minimum absolute atomic E-state index is 0.0951. The molecule has 3 aromatic carbocycles. The van der Waals surface area contributed by atoms with Crippen LogP contribution in [0.3, 0.4) is 0 Å². The Labute approximate surface area is 216 Å². The zero-order valence-corrected chi connectivity index (χ0v) is 21.2. The van der Waals surface area contributed by atoms with Crippen LogP contribution in [0.15, 0.2) is 66.2 Å². The number of hydrogen-bond acceptors (Lipinski definition) is 4. The highest BCUT2D eigenvalue weighted by atomic mass is 127. The van der Waals surface area contributed by atoms with Gasteiger partial charge in [0.25, 0.3) is 5.91 Å². The maximum absolute atomic E-state index is 12.7. The average molecular weight is 593 g/mol. The van der Waals surface area contributed by atoms with Crippen molar-refractivity contribution in [2.24, 2.45) is 0 Å². The van der Waals surface area contributed by atoms with Gasteiger partial charge in [-0.2, -0.15) is 5.26 Å². The number of benzene rings is 3. The summed E-state index contributed by atoms with van der Waals surface area (Å²) in [5, 5.41) is 12.7. The van der Waals surface area contributed by atoms with Crippen LogP contribution in [0.5, 0.6) is 11.5 Å². The molecular formula is C25H19Cl2IN2O3. The normalized spacial score (nSPS) is 10.9. The molecule has 0 saturated heterocycles. The van der Waals surface area contributed by atoms with Gasteiger partial charge < -0.3 is 14.8 Å². The largest absolute Gasteiger partial charge is 0.490 e. The first-order valence-corrected chi connectivity index (χ1v) is 11.8. The lowest BCUT2D eigenvalue weighted by Crippen LogP contribution is -2.13. The Morgan fingerprint density at radius 1 is 1.12 bits per heavy atom. The van der Waals surface area contributed by atoms with E-state index in [1.807, 2.05) is 49.4 Å². The van der Waals surface area contributed by atoms with Crippen LogP contribution >= 0.6 is 45.8 Å². The van der Waals surface area contributed by atoms with Crippen LogP contribution in [0.1, 0.15) is 18.1 Å². The van der Waals surface area contributed by atoms with E-state index >= 15 is 0 Å². The van der Waals surface area contributed by atoms with E-state index in [1.165, 1.54) is 6.08 Å². The fraction of sp³-hybridized carbons (Fsp3) is 0.120. The molecule has 0 radical (unpaired) electrons. The summed E-state index contributed by atoms with van der Waals surface area (Å²) in [5.74, 6) is 0.535. The smallest absolute Gasteiger partial charge is 0.266 e. The number of rotatable bonds is 8. The molecule has 5 nitrogen and oxygen atoms in total. The van der Waals surface area contributed by atoms with Crippen LogP contribution in [-0.2, 0) is 11.4 Å². The summed E-state index contributed by atoms with van der Waals surface area (Å²) in [7, 11) is 0. The first kappa shape index (κ1) is 24.9. The Bertz CT molecular complexity index is 1220. The zero-order valence-electron chi connectivity index (χ0n) is 17.6. The van der Waals surface area contributed by atoms with E-state index in [4.69, 9.17) is 32.7 Å². The first-order chi connectivity index (χ1) is 15.9. The molecule has 1 amide bonds. The van der Waals surface area contributed by atoms with Crippen molar-refractivity contribution in [3.63, 3.8) is 0 Å². The summed E-state index contributed by atoms with van der Waals surface area (Å²) in [6.07, 6.45) is 1.49. The Morgan fingerprint density at radius 2 is 1.88 bits per heavy atom. The van der Waals surface area contributed by atoms with Crippen LogP contribution in [0.4, 0.5) is 5.69 Å². The number of amides is 1. The quantitative estimate of drug-likeness (QED) is 0.172. The zero-order chi connectivity index (χ0) is 23.8. The minimum atomic E-state index is -0.598. The molecule has 0 aliphatic carbocycles. The highest BCUT2D eigenvalue weighted by Crippen LogP contribution is 2.36. The standard InChI is InChI=1S/C25H19Cl2IN2O3/c1-2-32-22-13-17(12-20(28)24(22)33-15-16-7-4-3-5-8-16)11-18(14-29)25(31)30-21-10-6-9-19(26)23(21)27/h3-13H,2,15H2,1H3,(H,30,31)/b18-11+. The number of halogens is 3. The van der Waals surface area contributed by atoms with Gasteiger partial charge in [0.15, 0.2) is 11.5 Å². The Kier molecular flexibility index (Phi) is 9.01. The molecule has 168 valence electrons. The second kappa shape index (κ2) is 11.9. The fourth-order valence-corrected chi connectivity index (χ4v) is 4.04. The predicted molar refractivity (Wildman–Crippen MR) is 140 cm³/mol. The van der Waals surface area contributed by atoms with E-state index in [0.29, 0.717) is 41.0 Å². The monoisotopic (exact) mass is 592 g/mol. The summed E-state index contributed by atoms with van der Waals surface area (Å²) >= 11 is 14.3. The second-order valence-electron chi connectivity index (χ2n) is 6.76. The molecule has 0 aromatic heterocycles. The molecule has 33 heavy (non-hydrogen) atoms. The molecule has 0 aliphatic rings. The summed E-state index contributed by atoms with van der Waals surface area (Å²) < 4.78 is 12.6. The molecule has 3 rings (SSSR count). The second-order valence-corrected chi connectivity index (χ2v) is 8.71.